The molecule has 2 saturated heterocycles. The molecule has 4 heteroatoms. The van der Waals surface area contributed by atoms with Gasteiger partial charge in [0, 0.05) is 12.0 Å². The molecule has 102 valence electrons. The van der Waals surface area contributed by atoms with Crippen molar-refractivity contribution in [3.8, 4) is 0 Å². The van der Waals surface area contributed by atoms with E-state index in [0.29, 0.717) is 12.0 Å². The highest BCUT2D eigenvalue weighted by atomic mass is 16.5. The third kappa shape index (κ3) is 2.16. The Kier molecular flexibility index (Phi) is 3.32. The molecule has 0 spiro atoms. The van der Waals surface area contributed by atoms with Crippen molar-refractivity contribution >= 4 is 5.91 Å². The first-order valence-electron chi connectivity index (χ1n) is 7.36. The van der Waals surface area contributed by atoms with Crippen LogP contribution in [0.5, 0.6) is 0 Å². The molecular weight excluding hydrogens is 228 g/mol. The molecule has 0 aromatic rings. The molecule has 3 N–H and O–H groups in total. The molecule has 18 heavy (non-hydrogen) atoms. The highest BCUT2D eigenvalue weighted by molar-refractivity contribution is 5.79. The van der Waals surface area contributed by atoms with Gasteiger partial charge in [0.15, 0.2) is 0 Å². The Morgan fingerprint density at radius 3 is 2.78 bits per heavy atom. The summed E-state index contributed by atoms with van der Waals surface area (Å²) < 4.78 is 5.78. The second-order valence-corrected chi connectivity index (χ2v) is 6.29. The van der Waals surface area contributed by atoms with Crippen molar-refractivity contribution < 1.29 is 9.53 Å². The van der Waals surface area contributed by atoms with Crippen molar-refractivity contribution in [1.29, 1.82) is 0 Å². The number of fused-ring (bicyclic) bond motifs is 2. The van der Waals surface area contributed by atoms with Crippen molar-refractivity contribution in [3.63, 3.8) is 0 Å². The Morgan fingerprint density at radius 2 is 2.11 bits per heavy atom. The van der Waals surface area contributed by atoms with Gasteiger partial charge in [-0.15, -0.1) is 0 Å². The zero-order chi connectivity index (χ0) is 12.7. The first-order valence-corrected chi connectivity index (χ1v) is 7.36. The summed E-state index contributed by atoms with van der Waals surface area (Å²) in [6, 6.07) is 0.437. The molecule has 6 unspecified atom stereocenters. The van der Waals surface area contributed by atoms with Gasteiger partial charge in [-0.25, -0.2) is 0 Å². The third-order valence-corrected chi connectivity index (χ3v) is 5.13. The van der Waals surface area contributed by atoms with E-state index >= 15 is 0 Å². The van der Waals surface area contributed by atoms with E-state index in [-0.39, 0.29) is 30.0 Å². The van der Waals surface area contributed by atoms with Gasteiger partial charge in [-0.1, -0.05) is 13.3 Å². The zero-order valence-corrected chi connectivity index (χ0v) is 11.1. The van der Waals surface area contributed by atoms with E-state index in [2.05, 4.69) is 12.2 Å². The van der Waals surface area contributed by atoms with Crippen LogP contribution in [0, 0.1) is 11.8 Å². The normalized spacial score (nSPS) is 47.2. The average Bonchev–Trinajstić information content (AvgIpc) is 2.94. The maximum atomic E-state index is 12.4. The summed E-state index contributed by atoms with van der Waals surface area (Å²) in [6.07, 6.45) is 7.07. The predicted molar refractivity (Wildman–Crippen MR) is 68.9 cm³/mol. The van der Waals surface area contributed by atoms with E-state index in [1.807, 2.05) is 0 Å². The van der Waals surface area contributed by atoms with Crippen LogP contribution in [0.3, 0.4) is 0 Å². The quantitative estimate of drug-likeness (QED) is 0.776. The molecule has 1 aliphatic carbocycles. The van der Waals surface area contributed by atoms with Gasteiger partial charge in [0.1, 0.15) is 0 Å². The highest BCUT2D eigenvalue weighted by Crippen LogP contribution is 2.35. The van der Waals surface area contributed by atoms with E-state index in [9.17, 15) is 4.79 Å². The third-order valence-electron chi connectivity index (χ3n) is 5.13. The Bertz CT molecular complexity index is 334. The van der Waals surface area contributed by atoms with Gasteiger partial charge in [0.25, 0.3) is 0 Å². The van der Waals surface area contributed by atoms with E-state index in [0.717, 1.165) is 32.1 Å². The Morgan fingerprint density at radius 1 is 1.28 bits per heavy atom. The standard InChI is InChI=1S/C14H24N2O2/c1-8-10(3-2-4-11(8)15)14(17)16-12-7-9-5-6-13(12)18-9/h8-13H,2-7,15H2,1H3,(H,16,17). The smallest absolute Gasteiger partial charge is 0.223 e. The van der Waals surface area contributed by atoms with Crippen LogP contribution in [0.15, 0.2) is 0 Å². The lowest BCUT2D eigenvalue weighted by molar-refractivity contribution is -0.129. The SMILES string of the molecule is CC1C(N)CCCC1C(=O)NC1CC2CCC1O2. The van der Waals surface area contributed by atoms with E-state index < -0.39 is 0 Å². The van der Waals surface area contributed by atoms with Gasteiger partial charge in [-0.2, -0.15) is 0 Å². The highest BCUT2D eigenvalue weighted by Gasteiger charge is 2.42. The van der Waals surface area contributed by atoms with Gasteiger partial charge in [-0.05, 0) is 38.0 Å². The molecule has 1 amide bonds. The maximum Gasteiger partial charge on any atom is 0.223 e. The lowest BCUT2D eigenvalue weighted by atomic mass is 9.76. The summed E-state index contributed by atoms with van der Waals surface area (Å²) in [4.78, 5) is 12.4. The molecule has 0 aromatic heterocycles. The van der Waals surface area contributed by atoms with Gasteiger partial charge in [-0.3, -0.25) is 4.79 Å². The topological polar surface area (TPSA) is 64.4 Å². The summed E-state index contributed by atoms with van der Waals surface area (Å²) >= 11 is 0. The Hall–Kier alpha value is -0.610. The van der Waals surface area contributed by atoms with Gasteiger partial charge in [0.05, 0.1) is 18.2 Å². The van der Waals surface area contributed by atoms with E-state index in [1.165, 1.54) is 6.42 Å². The van der Waals surface area contributed by atoms with Crippen molar-refractivity contribution in [3.05, 3.63) is 0 Å². The number of carbonyl (C=O) groups excluding carboxylic acids is 1. The minimum atomic E-state index is 0.105. The number of ether oxygens (including phenoxy) is 1. The first kappa shape index (κ1) is 12.4. The molecule has 0 aromatic carbocycles. The molecule has 4 nitrogen and oxygen atoms in total. The van der Waals surface area contributed by atoms with Crippen LogP contribution < -0.4 is 11.1 Å². The number of amides is 1. The fourth-order valence-electron chi connectivity index (χ4n) is 3.85. The summed E-state index contributed by atoms with van der Waals surface area (Å²) in [5.74, 6) is 0.616. The molecule has 1 saturated carbocycles. The van der Waals surface area contributed by atoms with E-state index in [1.54, 1.807) is 0 Å². The molecule has 2 heterocycles. The van der Waals surface area contributed by atoms with Crippen LogP contribution in [0.1, 0.15) is 45.4 Å². The summed E-state index contributed by atoms with van der Waals surface area (Å²) in [6.45, 7) is 2.12. The molecule has 2 bridgehead atoms. The lowest BCUT2D eigenvalue weighted by Gasteiger charge is -2.34. The van der Waals surface area contributed by atoms with Crippen molar-refractivity contribution in [2.75, 3.05) is 0 Å². The number of carbonyl (C=O) groups is 1. The lowest BCUT2D eigenvalue weighted by Crippen LogP contribution is -2.49. The molecule has 0 radical (unpaired) electrons. The van der Waals surface area contributed by atoms with Crippen LogP contribution in [-0.2, 0) is 9.53 Å². The fourth-order valence-corrected chi connectivity index (χ4v) is 3.85. The minimum Gasteiger partial charge on any atom is -0.373 e. The van der Waals surface area contributed by atoms with Crippen molar-refractivity contribution in [2.45, 2.75) is 69.7 Å². The molecule has 6 atom stereocenters. The minimum absolute atomic E-state index is 0.105. The van der Waals surface area contributed by atoms with Crippen molar-refractivity contribution in [1.82, 2.24) is 5.32 Å². The summed E-state index contributed by atoms with van der Waals surface area (Å²) in [5.41, 5.74) is 6.07. The first-order chi connectivity index (χ1) is 8.65. The van der Waals surface area contributed by atoms with Crippen LogP contribution in [0.25, 0.3) is 0 Å². The molecule has 2 aliphatic heterocycles. The Labute approximate surface area is 109 Å². The van der Waals surface area contributed by atoms with Crippen LogP contribution in [0.4, 0.5) is 0 Å². The number of rotatable bonds is 2. The number of nitrogens with two attached hydrogens (primary N) is 1. The van der Waals surface area contributed by atoms with Crippen LogP contribution in [0.2, 0.25) is 0 Å². The molecular formula is C14H24N2O2. The van der Waals surface area contributed by atoms with E-state index in [4.69, 9.17) is 10.5 Å². The second-order valence-electron chi connectivity index (χ2n) is 6.29. The van der Waals surface area contributed by atoms with Crippen LogP contribution >= 0.6 is 0 Å². The molecule has 3 rings (SSSR count). The van der Waals surface area contributed by atoms with Crippen LogP contribution in [-0.4, -0.2) is 30.2 Å². The fraction of sp³-hybridized carbons (Fsp3) is 0.929. The zero-order valence-electron chi connectivity index (χ0n) is 11.1. The van der Waals surface area contributed by atoms with Gasteiger partial charge >= 0.3 is 0 Å². The summed E-state index contributed by atoms with van der Waals surface area (Å²) in [5, 5.41) is 3.21. The van der Waals surface area contributed by atoms with Crippen molar-refractivity contribution in [2.24, 2.45) is 17.6 Å². The summed E-state index contributed by atoms with van der Waals surface area (Å²) in [7, 11) is 0. The van der Waals surface area contributed by atoms with Gasteiger partial charge in [0.2, 0.25) is 5.91 Å². The monoisotopic (exact) mass is 252 g/mol. The predicted octanol–water partition coefficient (Wildman–Crippen LogP) is 1.19. The Balaban J connectivity index is 1.58. The largest absolute Gasteiger partial charge is 0.373 e. The number of hydrogen-bond acceptors (Lipinski definition) is 3. The van der Waals surface area contributed by atoms with Gasteiger partial charge < -0.3 is 15.8 Å². The number of hydrogen-bond donors (Lipinski definition) is 2. The number of nitrogens with one attached hydrogen (secondary N) is 1. The average molecular weight is 252 g/mol. The molecule has 3 fully saturated rings. The second kappa shape index (κ2) is 4.82. The maximum absolute atomic E-state index is 12.4. The molecule has 3 aliphatic rings.